The van der Waals surface area contributed by atoms with Crippen molar-refractivity contribution in [2.75, 3.05) is 25.0 Å². The molecule has 0 bridgehead atoms. The number of para-hydroxylation sites is 1. The average molecular weight is 258 g/mol. The van der Waals surface area contributed by atoms with Crippen molar-refractivity contribution in [1.29, 1.82) is 0 Å². The molecular weight excluding hydrogens is 242 g/mol. The summed E-state index contributed by atoms with van der Waals surface area (Å²) in [5.41, 5.74) is 0.414. The van der Waals surface area contributed by atoms with Crippen molar-refractivity contribution >= 4 is 23.0 Å². The molecule has 5 nitrogen and oxygen atoms in total. The van der Waals surface area contributed by atoms with Crippen molar-refractivity contribution in [1.82, 2.24) is 5.32 Å². The fourth-order valence-electron chi connectivity index (χ4n) is 1.46. The van der Waals surface area contributed by atoms with E-state index in [0.717, 1.165) is 19.5 Å². The van der Waals surface area contributed by atoms with Crippen LogP contribution in [0.5, 0.6) is 0 Å². The first-order valence-corrected chi connectivity index (χ1v) is 5.92. The monoisotopic (exact) mass is 257 g/mol. The van der Waals surface area contributed by atoms with Gasteiger partial charge in [-0.05, 0) is 31.6 Å². The van der Waals surface area contributed by atoms with Crippen LogP contribution >= 0.6 is 11.6 Å². The maximum Gasteiger partial charge on any atom is 0.310 e. The van der Waals surface area contributed by atoms with E-state index in [2.05, 4.69) is 10.6 Å². The zero-order valence-corrected chi connectivity index (χ0v) is 10.5. The van der Waals surface area contributed by atoms with Gasteiger partial charge in [0.15, 0.2) is 0 Å². The Bertz CT molecular complexity index is 385. The Kier molecular flexibility index (Phi) is 5.72. The molecular formula is C11H16ClN3O2. The van der Waals surface area contributed by atoms with E-state index in [1.807, 2.05) is 6.92 Å². The quantitative estimate of drug-likeness (QED) is 0.448. The maximum atomic E-state index is 10.8. The van der Waals surface area contributed by atoms with Gasteiger partial charge in [-0.3, -0.25) is 10.1 Å². The number of hydrogen-bond acceptors (Lipinski definition) is 4. The van der Waals surface area contributed by atoms with Gasteiger partial charge in [-0.15, -0.1) is 0 Å². The topological polar surface area (TPSA) is 67.2 Å². The van der Waals surface area contributed by atoms with Crippen LogP contribution in [0.15, 0.2) is 18.2 Å². The highest BCUT2D eigenvalue weighted by molar-refractivity contribution is 6.33. The van der Waals surface area contributed by atoms with Gasteiger partial charge < -0.3 is 10.6 Å². The molecule has 1 aromatic rings. The number of nitrogens with zero attached hydrogens (tertiary/aromatic N) is 1. The number of anilines is 1. The summed E-state index contributed by atoms with van der Waals surface area (Å²) in [6, 6.07) is 4.88. The lowest BCUT2D eigenvalue weighted by Gasteiger charge is -2.07. The summed E-state index contributed by atoms with van der Waals surface area (Å²) in [4.78, 5) is 10.4. The van der Waals surface area contributed by atoms with Crippen LogP contribution in [0.1, 0.15) is 13.3 Å². The lowest BCUT2D eigenvalue weighted by molar-refractivity contribution is -0.383. The SMILES string of the molecule is CCNCCCNc1cccc(Cl)c1[N+](=O)[O-]. The van der Waals surface area contributed by atoms with Gasteiger partial charge in [0.05, 0.1) is 4.92 Å². The zero-order chi connectivity index (χ0) is 12.7. The summed E-state index contributed by atoms with van der Waals surface area (Å²) in [6.45, 7) is 4.53. The first-order valence-electron chi connectivity index (χ1n) is 5.54. The minimum Gasteiger partial charge on any atom is -0.379 e. The highest BCUT2D eigenvalue weighted by Gasteiger charge is 2.17. The Morgan fingerprint density at radius 1 is 1.41 bits per heavy atom. The van der Waals surface area contributed by atoms with Gasteiger partial charge in [0, 0.05) is 6.54 Å². The standard InChI is InChI=1S/C11H16ClN3O2/c1-2-13-7-4-8-14-10-6-3-5-9(12)11(10)15(16)17/h3,5-6,13-14H,2,4,7-8H2,1H3. The second-order valence-electron chi connectivity index (χ2n) is 3.53. The van der Waals surface area contributed by atoms with Crippen molar-refractivity contribution in [3.8, 4) is 0 Å². The van der Waals surface area contributed by atoms with Gasteiger partial charge in [-0.1, -0.05) is 24.6 Å². The number of nitro groups is 1. The van der Waals surface area contributed by atoms with Crippen LogP contribution < -0.4 is 10.6 Å². The molecule has 0 aromatic heterocycles. The molecule has 0 atom stereocenters. The van der Waals surface area contributed by atoms with Crippen LogP contribution in [0.25, 0.3) is 0 Å². The van der Waals surface area contributed by atoms with Crippen molar-refractivity contribution < 1.29 is 4.92 Å². The smallest absolute Gasteiger partial charge is 0.310 e. The summed E-state index contributed by atoms with van der Waals surface area (Å²) in [7, 11) is 0. The Morgan fingerprint density at radius 3 is 2.82 bits per heavy atom. The highest BCUT2D eigenvalue weighted by Crippen LogP contribution is 2.31. The van der Waals surface area contributed by atoms with Crippen LogP contribution in [0.4, 0.5) is 11.4 Å². The molecule has 0 unspecified atom stereocenters. The Balaban J connectivity index is 2.58. The van der Waals surface area contributed by atoms with Crippen molar-refractivity contribution in [2.24, 2.45) is 0 Å². The average Bonchev–Trinajstić information content (AvgIpc) is 2.28. The van der Waals surface area contributed by atoms with Gasteiger partial charge in [0.2, 0.25) is 0 Å². The minimum atomic E-state index is -0.463. The van der Waals surface area contributed by atoms with Gasteiger partial charge >= 0.3 is 5.69 Å². The lowest BCUT2D eigenvalue weighted by atomic mass is 10.2. The molecule has 0 amide bonds. The molecule has 0 fully saturated rings. The number of halogens is 1. The van der Waals surface area contributed by atoms with Gasteiger partial charge in [-0.25, -0.2) is 0 Å². The van der Waals surface area contributed by atoms with Gasteiger partial charge in [0.25, 0.3) is 0 Å². The molecule has 0 heterocycles. The largest absolute Gasteiger partial charge is 0.379 e. The molecule has 0 aliphatic carbocycles. The minimum absolute atomic E-state index is 0.0578. The first-order chi connectivity index (χ1) is 8.16. The fourth-order valence-corrected chi connectivity index (χ4v) is 1.70. The van der Waals surface area contributed by atoms with E-state index in [-0.39, 0.29) is 10.7 Å². The zero-order valence-electron chi connectivity index (χ0n) is 9.70. The lowest BCUT2D eigenvalue weighted by Crippen LogP contribution is -2.17. The number of benzene rings is 1. The van der Waals surface area contributed by atoms with Crippen LogP contribution in [0.3, 0.4) is 0 Å². The first kappa shape index (κ1) is 13.7. The fraction of sp³-hybridized carbons (Fsp3) is 0.455. The van der Waals surface area contributed by atoms with E-state index >= 15 is 0 Å². The molecule has 2 N–H and O–H groups in total. The predicted molar refractivity (Wildman–Crippen MR) is 69.8 cm³/mol. The summed E-state index contributed by atoms with van der Waals surface area (Å²) < 4.78 is 0. The molecule has 0 aliphatic rings. The summed E-state index contributed by atoms with van der Waals surface area (Å²) >= 11 is 5.79. The summed E-state index contributed by atoms with van der Waals surface area (Å²) in [5, 5.41) is 17.2. The van der Waals surface area contributed by atoms with Crippen LogP contribution in [-0.4, -0.2) is 24.6 Å². The number of rotatable bonds is 7. The van der Waals surface area contributed by atoms with E-state index in [9.17, 15) is 10.1 Å². The number of nitrogens with one attached hydrogen (secondary N) is 2. The third-order valence-electron chi connectivity index (χ3n) is 2.27. The maximum absolute atomic E-state index is 10.8. The molecule has 6 heteroatoms. The molecule has 1 rings (SSSR count). The van der Waals surface area contributed by atoms with Crippen LogP contribution in [-0.2, 0) is 0 Å². The highest BCUT2D eigenvalue weighted by atomic mass is 35.5. The van der Waals surface area contributed by atoms with E-state index < -0.39 is 4.92 Å². The van der Waals surface area contributed by atoms with Crippen molar-refractivity contribution in [2.45, 2.75) is 13.3 Å². The van der Waals surface area contributed by atoms with Crippen molar-refractivity contribution in [3.05, 3.63) is 33.3 Å². The number of hydrogen-bond donors (Lipinski definition) is 2. The second kappa shape index (κ2) is 7.09. The number of nitro benzene ring substituents is 1. The summed E-state index contributed by atoms with van der Waals surface area (Å²) in [6.07, 6.45) is 0.900. The van der Waals surface area contributed by atoms with Gasteiger partial charge in [-0.2, -0.15) is 0 Å². The molecule has 1 aromatic carbocycles. The molecule has 94 valence electrons. The molecule has 0 saturated carbocycles. The van der Waals surface area contributed by atoms with Crippen LogP contribution in [0, 0.1) is 10.1 Å². The molecule has 17 heavy (non-hydrogen) atoms. The summed E-state index contributed by atoms with van der Waals surface area (Å²) in [5.74, 6) is 0. The second-order valence-corrected chi connectivity index (χ2v) is 3.93. The van der Waals surface area contributed by atoms with E-state index in [4.69, 9.17) is 11.6 Å². The van der Waals surface area contributed by atoms with Crippen LogP contribution in [0.2, 0.25) is 5.02 Å². The van der Waals surface area contributed by atoms with E-state index in [0.29, 0.717) is 12.2 Å². The van der Waals surface area contributed by atoms with Gasteiger partial charge in [0.1, 0.15) is 10.7 Å². The Morgan fingerprint density at radius 2 is 2.18 bits per heavy atom. The Hall–Kier alpha value is -1.33. The molecule has 0 spiro atoms. The molecule has 0 saturated heterocycles. The molecule has 0 radical (unpaired) electrons. The van der Waals surface area contributed by atoms with E-state index in [1.54, 1.807) is 12.1 Å². The molecule has 0 aliphatic heterocycles. The Labute approximate surface area is 105 Å². The third-order valence-corrected chi connectivity index (χ3v) is 2.57. The third kappa shape index (κ3) is 4.20. The normalized spacial score (nSPS) is 10.2. The van der Waals surface area contributed by atoms with Crippen molar-refractivity contribution in [3.63, 3.8) is 0 Å². The predicted octanol–water partition coefficient (Wildman–Crippen LogP) is 2.66. The van der Waals surface area contributed by atoms with E-state index in [1.165, 1.54) is 6.07 Å².